The van der Waals surface area contributed by atoms with E-state index < -0.39 is 7.22 Å². The van der Waals surface area contributed by atoms with Crippen molar-refractivity contribution in [1.82, 2.24) is 0 Å². The Morgan fingerprint density at radius 2 is 1.43 bits per heavy atom. The Balaban J connectivity index is 3.54. The fraction of sp³-hybridized carbons (Fsp3) is 1.00. The van der Waals surface area contributed by atoms with E-state index in [9.17, 15) is 0 Å². The molecule has 0 atom stereocenters. The van der Waals surface area contributed by atoms with E-state index >= 15 is 0 Å². The molecule has 0 aromatic rings. The van der Waals surface area contributed by atoms with Crippen LogP contribution >= 0.6 is 12.1 Å². The van der Waals surface area contributed by atoms with Gasteiger partial charge in [0.25, 0.3) is 0 Å². The highest BCUT2D eigenvalue weighted by molar-refractivity contribution is 8.14. The molecule has 0 saturated heterocycles. The fourth-order valence-electron chi connectivity index (χ4n) is 0. The van der Waals surface area contributed by atoms with Gasteiger partial charge in [0.05, 0.1) is 0 Å². The van der Waals surface area contributed by atoms with Crippen molar-refractivity contribution in [1.29, 1.82) is 0 Å². The standard InChI is InChI=1S/C5H13SSi/c1-5(2)7(3,4)6/h5H,1-4H3. The monoisotopic (exact) mass is 133 g/mol. The fourth-order valence-corrected chi connectivity index (χ4v) is 0. The Bertz CT molecular complexity index is 53.6. The molecule has 0 nitrogen and oxygen atoms in total. The summed E-state index contributed by atoms with van der Waals surface area (Å²) in [5.41, 5.74) is 0.752. The molecule has 0 aliphatic rings. The molecule has 0 rings (SSSR count). The van der Waals surface area contributed by atoms with Crippen molar-refractivity contribution >= 4 is 19.3 Å². The highest BCUT2D eigenvalue weighted by Crippen LogP contribution is 2.22. The molecule has 1 radical (unpaired) electrons. The average molecular weight is 133 g/mol. The van der Waals surface area contributed by atoms with Gasteiger partial charge in [0.2, 0.25) is 0 Å². The highest BCUT2D eigenvalue weighted by Gasteiger charge is 2.19. The average Bonchev–Trinajstić information content (AvgIpc) is 1.31. The van der Waals surface area contributed by atoms with Crippen LogP contribution in [0.15, 0.2) is 0 Å². The first-order valence-electron chi connectivity index (χ1n) is 2.65. The molecule has 0 fully saturated rings. The van der Waals surface area contributed by atoms with Crippen LogP contribution in [0.2, 0.25) is 18.6 Å². The van der Waals surface area contributed by atoms with Crippen molar-refractivity contribution in [3.8, 4) is 0 Å². The molecule has 0 heterocycles. The van der Waals surface area contributed by atoms with E-state index in [-0.39, 0.29) is 0 Å². The molecule has 7 heavy (non-hydrogen) atoms. The van der Waals surface area contributed by atoms with Crippen molar-refractivity contribution in [2.75, 3.05) is 0 Å². The summed E-state index contributed by atoms with van der Waals surface area (Å²) in [7, 11) is -1.15. The van der Waals surface area contributed by atoms with Gasteiger partial charge in [-0.2, -0.15) is 0 Å². The van der Waals surface area contributed by atoms with Gasteiger partial charge in [-0.1, -0.05) is 26.9 Å². The van der Waals surface area contributed by atoms with E-state index in [1.54, 1.807) is 0 Å². The lowest BCUT2D eigenvalue weighted by Gasteiger charge is -2.16. The van der Waals surface area contributed by atoms with Crippen molar-refractivity contribution in [2.24, 2.45) is 0 Å². The molecular formula is C5H13SSi. The molecule has 0 saturated carbocycles. The third-order valence-electron chi connectivity index (χ3n) is 1.39. The summed E-state index contributed by atoms with van der Waals surface area (Å²) < 4.78 is 0. The molecule has 43 valence electrons. The maximum atomic E-state index is 5.25. The first-order valence-corrected chi connectivity index (χ1v) is 6.86. The van der Waals surface area contributed by atoms with Gasteiger partial charge in [-0.25, -0.2) is 0 Å². The van der Waals surface area contributed by atoms with Crippen LogP contribution in [-0.2, 0) is 0 Å². The lowest BCUT2D eigenvalue weighted by atomic mass is 10.6. The van der Waals surface area contributed by atoms with Crippen molar-refractivity contribution in [3.63, 3.8) is 0 Å². The topological polar surface area (TPSA) is 0 Å². The number of rotatable bonds is 1. The summed E-state index contributed by atoms with van der Waals surface area (Å²) in [5.74, 6) is 0. The zero-order chi connectivity index (χ0) is 6.08. The van der Waals surface area contributed by atoms with E-state index in [0.717, 1.165) is 5.54 Å². The van der Waals surface area contributed by atoms with Gasteiger partial charge < -0.3 is 0 Å². The summed E-state index contributed by atoms with van der Waals surface area (Å²) in [5, 5.41) is 0. The highest BCUT2D eigenvalue weighted by atomic mass is 32.3. The summed E-state index contributed by atoms with van der Waals surface area (Å²) in [6.45, 7) is 8.85. The minimum absolute atomic E-state index is 0.752. The molecular weight excluding hydrogens is 120 g/mol. The molecule has 2 heteroatoms. The Morgan fingerprint density at radius 3 is 1.43 bits per heavy atom. The third-order valence-corrected chi connectivity index (χ3v) is 5.59. The van der Waals surface area contributed by atoms with Gasteiger partial charge >= 0.3 is 0 Å². The SMILES string of the molecule is CC(C)[Si](C)(C)[S]. The van der Waals surface area contributed by atoms with Crippen molar-refractivity contribution in [2.45, 2.75) is 32.5 Å². The van der Waals surface area contributed by atoms with E-state index in [2.05, 4.69) is 26.9 Å². The van der Waals surface area contributed by atoms with Crippen LogP contribution in [0.5, 0.6) is 0 Å². The first-order chi connectivity index (χ1) is 2.94. The molecule has 0 spiro atoms. The van der Waals surface area contributed by atoms with Crippen LogP contribution in [-0.4, -0.2) is 7.22 Å². The molecule has 0 aromatic heterocycles. The second-order valence-corrected chi connectivity index (χ2v) is 10.3. The third kappa shape index (κ3) is 3.18. The molecule has 0 aromatic carbocycles. The number of hydrogen-bond acceptors (Lipinski definition) is 0. The molecule has 0 aliphatic carbocycles. The van der Waals surface area contributed by atoms with Gasteiger partial charge in [-0.05, 0) is 5.54 Å². The summed E-state index contributed by atoms with van der Waals surface area (Å²) in [6, 6.07) is 0. The van der Waals surface area contributed by atoms with E-state index in [4.69, 9.17) is 12.1 Å². The van der Waals surface area contributed by atoms with Gasteiger partial charge in [-0.15, -0.1) is 12.1 Å². The molecule has 0 unspecified atom stereocenters. The van der Waals surface area contributed by atoms with E-state index in [1.807, 2.05) is 0 Å². The molecule has 0 N–H and O–H groups in total. The predicted octanol–water partition coefficient (Wildman–Crippen LogP) is 2.80. The van der Waals surface area contributed by atoms with Crippen LogP contribution in [0.1, 0.15) is 13.8 Å². The zero-order valence-corrected chi connectivity index (χ0v) is 7.30. The lowest BCUT2D eigenvalue weighted by Crippen LogP contribution is -2.20. The second kappa shape index (κ2) is 2.22. The maximum Gasteiger partial charge on any atom is 0.127 e. The van der Waals surface area contributed by atoms with E-state index in [1.165, 1.54) is 0 Å². The predicted molar refractivity (Wildman–Crippen MR) is 40.2 cm³/mol. The quantitative estimate of drug-likeness (QED) is 0.483. The van der Waals surface area contributed by atoms with Crippen LogP contribution in [0.4, 0.5) is 0 Å². The summed E-state index contributed by atoms with van der Waals surface area (Å²) in [4.78, 5) is 0. The Labute approximate surface area is 52.4 Å². The Hall–Kier alpha value is 0.567. The first kappa shape index (κ1) is 7.57. The van der Waals surface area contributed by atoms with Crippen LogP contribution < -0.4 is 0 Å². The molecule has 0 bridgehead atoms. The van der Waals surface area contributed by atoms with Crippen LogP contribution in [0, 0.1) is 0 Å². The van der Waals surface area contributed by atoms with Gasteiger partial charge in [0.1, 0.15) is 7.22 Å². The zero-order valence-electron chi connectivity index (χ0n) is 5.49. The molecule has 0 aliphatic heterocycles. The molecule has 0 amide bonds. The van der Waals surface area contributed by atoms with Crippen LogP contribution in [0.25, 0.3) is 0 Å². The largest absolute Gasteiger partial charge is 0.127 e. The number of hydrogen-bond donors (Lipinski definition) is 0. The normalized spacial score (nSPS) is 12.9. The minimum atomic E-state index is -1.15. The van der Waals surface area contributed by atoms with Gasteiger partial charge in [0.15, 0.2) is 0 Å². The van der Waals surface area contributed by atoms with Crippen molar-refractivity contribution in [3.05, 3.63) is 0 Å². The van der Waals surface area contributed by atoms with E-state index in [0.29, 0.717) is 0 Å². The van der Waals surface area contributed by atoms with Crippen LogP contribution in [0.3, 0.4) is 0 Å². The Morgan fingerprint density at radius 1 is 1.29 bits per heavy atom. The van der Waals surface area contributed by atoms with Gasteiger partial charge in [0, 0.05) is 0 Å². The van der Waals surface area contributed by atoms with Gasteiger partial charge in [-0.3, -0.25) is 0 Å². The maximum absolute atomic E-state index is 5.25. The second-order valence-electron chi connectivity index (χ2n) is 2.76. The lowest BCUT2D eigenvalue weighted by molar-refractivity contribution is 1.03. The smallest absolute Gasteiger partial charge is 0.127 e. The summed E-state index contributed by atoms with van der Waals surface area (Å²) >= 11 is 5.25. The van der Waals surface area contributed by atoms with Crippen molar-refractivity contribution < 1.29 is 0 Å². The summed E-state index contributed by atoms with van der Waals surface area (Å²) in [6.07, 6.45) is 0. The minimum Gasteiger partial charge on any atom is -0.127 e. The Kier molecular flexibility index (Phi) is 2.40.